The number of aryl methyl sites for hydroxylation is 1. The van der Waals surface area contributed by atoms with E-state index in [2.05, 4.69) is 42.2 Å². The van der Waals surface area contributed by atoms with Crippen LogP contribution in [0.2, 0.25) is 0 Å². The van der Waals surface area contributed by atoms with Gasteiger partial charge in [0.05, 0.1) is 14.2 Å². The average molecular weight is 382 g/mol. The smallest absolute Gasteiger partial charge is 0.223 e. The number of benzene rings is 2. The Bertz CT molecular complexity index is 752. The van der Waals surface area contributed by atoms with Crippen LogP contribution in [-0.4, -0.2) is 37.6 Å². The third-order valence-electron chi connectivity index (χ3n) is 5.79. The topological polar surface area (TPSA) is 38.8 Å². The van der Waals surface area contributed by atoms with Gasteiger partial charge < -0.3 is 14.4 Å². The van der Waals surface area contributed by atoms with Gasteiger partial charge in [0.2, 0.25) is 5.91 Å². The second-order valence-electron chi connectivity index (χ2n) is 7.44. The van der Waals surface area contributed by atoms with Gasteiger partial charge in [-0.3, -0.25) is 4.79 Å². The highest BCUT2D eigenvalue weighted by Gasteiger charge is 2.34. The Morgan fingerprint density at radius 1 is 1.11 bits per heavy atom. The van der Waals surface area contributed by atoms with Crippen molar-refractivity contribution in [3.63, 3.8) is 0 Å². The largest absolute Gasteiger partial charge is 0.497 e. The molecular formula is C24H31NO3. The van der Waals surface area contributed by atoms with E-state index in [1.165, 1.54) is 5.56 Å². The van der Waals surface area contributed by atoms with Crippen molar-refractivity contribution in [1.82, 2.24) is 4.90 Å². The van der Waals surface area contributed by atoms with Crippen molar-refractivity contribution in [3.05, 3.63) is 59.7 Å². The van der Waals surface area contributed by atoms with Gasteiger partial charge in [-0.2, -0.15) is 0 Å². The van der Waals surface area contributed by atoms with Gasteiger partial charge >= 0.3 is 0 Å². The molecule has 2 atom stereocenters. The summed E-state index contributed by atoms with van der Waals surface area (Å²) in [6.45, 7) is 3.09. The molecule has 2 aromatic carbocycles. The first-order valence-corrected chi connectivity index (χ1v) is 10.2. The standard InChI is InChI=1S/C24H31NO3/c1-4-22(19-9-6-5-7-10-19)23-11-8-14-25(23)24(26)13-12-18-15-20(27-2)17-21(16-18)28-3/h5-7,9-10,15-17,22-23H,4,8,11-14H2,1-3H3/t22-,23+/m0/s1. The molecule has 0 spiro atoms. The summed E-state index contributed by atoms with van der Waals surface area (Å²) < 4.78 is 10.7. The molecule has 2 aromatic rings. The molecular weight excluding hydrogens is 350 g/mol. The third kappa shape index (κ3) is 4.67. The van der Waals surface area contributed by atoms with Gasteiger partial charge in [-0.15, -0.1) is 0 Å². The van der Waals surface area contributed by atoms with Gasteiger partial charge in [0, 0.05) is 31.0 Å². The molecule has 4 nitrogen and oxygen atoms in total. The second-order valence-corrected chi connectivity index (χ2v) is 7.44. The molecule has 1 saturated heterocycles. The molecule has 1 heterocycles. The molecule has 1 amide bonds. The summed E-state index contributed by atoms with van der Waals surface area (Å²) in [7, 11) is 3.29. The van der Waals surface area contributed by atoms with E-state index < -0.39 is 0 Å². The van der Waals surface area contributed by atoms with E-state index in [0.29, 0.717) is 24.8 Å². The first-order chi connectivity index (χ1) is 13.7. The average Bonchev–Trinajstić information content (AvgIpc) is 3.22. The van der Waals surface area contributed by atoms with Gasteiger partial charge in [-0.25, -0.2) is 0 Å². The third-order valence-corrected chi connectivity index (χ3v) is 5.79. The van der Waals surface area contributed by atoms with E-state index in [1.807, 2.05) is 18.2 Å². The number of hydrogen-bond donors (Lipinski definition) is 0. The summed E-state index contributed by atoms with van der Waals surface area (Å²) >= 11 is 0. The minimum Gasteiger partial charge on any atom is -0.497 e. The van der Waals surface area contributed by atoms with Crippen molar-refractivity contribution in [1.29, 1.82) is 0 Å². The molecule has 0 unspecified atom stereocenters. The summed E-state index contributed by atoms with van der Waals surface area (Å²) in [5, 5.41) is 0. The summed E-state index contributed by atoms with van der Waals surface area (Å²) in [5.74, 6) is 2.18. The molecule has 0 saturated carbocycles. The van der Waals surface area contributed by atoms with Crippen LogP contribution in [0.4, 0.5) is 0 Å². The van der Waals surface area contributed by atoms with E-state index in [-0.39, 0.29) is 5.91 Å². The van der Waals surface area contributed by atoms with Gasteiger partial charge in [-0.1, -0.05) is 37.3 Å². The SMILES string of the molecule is CC[C@@H](c1ccccc1)[C@H]1CCCN1C(=O)CCc1cc(OC)cc(OC)c1. The zero-order valence-electron chi connectivity index (χ0n) is 17.2. The molecule has 1 aliphatic heterocycles. The summed E-state index contributed by atoms with van der Waals surface area (Å²) in [5.41, 5.74) is 2.41. The van der Waals surface area contributed by atoms with Crippen molar-refractivity contribution < 1.29 is 14.3 Å². The minimum atomic E-state index is 0.249. The van der Waals surface area contributed by atoms with Crippen molar-refractivity contribution in [2.24, 2.45) is 0 Å². The minimum absolute atomic E-state index is 0.249. The Kier molecular flexibility index (Phi) is 6.96. The van der Waals surface area contributed by atoms with Crippen LogP contribution in [0.1, 0.15) is 49.7 Å². The number of nitrogens with zero attached hydrogens (tertiary/aromatic N) is 1. The molecule has 1 aliphatic rings. The fourth-order valence-electron chi connectivity index (χ4n) is 4.36. The van der Waals surface area contributed by atoms with Crippen LogP contribution in [0.15, 0.2) is 48.5 Å². The van der Waals surface area contributed by atoms with Crippen molar-refractivity contribution in [2.45, 2.75) is 51.0 Å². The van der Waals surface area contributed by atoms with Gasteiger partial charge in [-0.05, 0) is 48.9 Å². The normalized spacial score (nSPS) is 17.4. The molecule has 0 N–H and O–H groups in total. The zero-order chi connectivity index (χ0) is 19.9. The van der Waals surface area contributed by atoms with Crippen molar-refractivity contribution in [2.75, 3.05) is 20.8 Å². The highest BCUT2D eigenvalue weighted by Crippen LogP contribution is 2.34. The van der Waals surface area contributed by atoms with Crippen LogP contribution in [0.5, 0.6) is 11.5 Å². The van der Waals surface area contributed by atoms with Crippen LogP contribution in [0.25, 0.3) is 0 Å². The molecule has 28 heavy (non-hydrogen) atoms. The van der Waals surface area contributed by atoms with Crippen LogP contribution in [0, 0.1) is 0 Å². The van der Waals surface area contributed by atoms with Crippen molar-refractivity contribution in [3.8, 4) is 11.5 Å². The fraction of sp³-hybridized carbons (Fsp3) is 0.458. The lowest BCUT2D eigenvalue weighted by molar-refractivity contribution is -0.132. The predicted octanol–water partition coefficient (Wildman–Crippen LogP) is 4.82. The molecule has 0 bridgehead atoms. The number of methoxy groups -OCH3 is 2. The Labute approximate surface area is 168 Å². The van der Waals surface area contributed by atoms with Gasteiger partial charge in [0.15, 0.2) is 0 Å². The fourth-order valence-corrected chi connectivity index (χ4v) is 4.36. The molecule has 1 fully saturated rings. The monoisotopic (exact) mass is 381 g/mol. The Morgan fingerprint density at radius 2 is 1.79 bits per heavy atom. The predicted molar refractivity (Wildman–Crippen MR) is 112 cm³/mol. The van der Waals surface area contributed by atoms with E-state index in [4.69, 9.17) is 9.47 Å². The van der Waals surface area contributed by atoms with Gasteiger partial charge in [0.1, 0.15) is 11.5 Å². The van der Waals surface area contributed by atoms with E-state index in [9.17, 15) is 4.79 Å². The number of likely N-dealkylation sites (tertiary alicyclic amines) is 1. The maximum Gasteiger partial charge on any atom is 0.223 e. The molecule has 0 radical (unpaired) electrons. The number of rotatable bonds is 8. The first kappa shape index (κ1) is 20.2. The highest BCUT2D eigenvalue weighted by atomic mass is 16.5. The summed E-state index contributed by atoms with van der Waals surface area (Å²) in [6.07, 6.45) is 4.43. The molecule has 3 rings (SSSR count). The van der Waals surface area contributed by atoms with Crippen LogP contribution < -0.4 is 9.47 Å². The van der Waals surface area contributed by atoms with E-state index >= 15 is 0 Å². The number of carbonyl (C=O) groups excluding carboxylic acids is 1. The Morgan fingerprint density at radius 3 is 2.39 bits per heavy atom. The second kappa shape index (κ2) is 9.63. The maximum absolute atomic E-state index is 13.1. The maximum atomic E-state index is 13.1. The Balaban J connectivity index is 1.68. The lowest BCUT2D eigenvalue weighted by atomic mass is 9.87. The first-order valence-electron chi connectivity index (χ1n) is 10.2. The summed E-state index contributed by atoms with van der Waals surface area (Å²) in [6, 6.07) is 16.7. The highest BCUT2D eigenvalue weighted by molar-refractivity contribution is 5.77. The van der Waals surface area contributed by atoms with Crippen LogP contribution in [-0.2, 0) is 11.2 Å². The number of ether oxygens (including phenoxy) is 2. The molecule has 0 aliphatic carbocycles. The quantitative estimate of drug-likeness (QED) is 0.658. The van der Waals surface area contributed by atoms with E-state index in [1.54, 1.807) is 14.2 Å². The number of hydrogen-bond acceptors (Lipinski definition) is 3. The van der Waals surface area contributed by atoms with E-state index in [0.717, 1.165) is 42.9 Å². The van der Waals surface area contributed by atoms with Gasteiger partial charge in [0.25, 0.3) is 0 Å². The molecule has 150 valence electrons. The lowest BCUT2D eigenvalue weighted by Crippen LogP contribution is -2.39. The zero-order valence-corrected chi connectivity index (χ0v) is 17.2. The Hall–Kier alpha value is -2.49. The van der Waals surface area contributed by atoms with Crippen molar-refractivity contribution >= 4 is 5.91 Å². The molecule has 0 aromatic heterocycles. The summed E-state index contributed by atoms with van der Waals surface area (Å²) in [4.78, 5) is 15.2. The number of carbonyl (C=O) groups is 1. The lowest BCUT2D eigenvalue weighted by Gasteiger charge is -2.32. The molecule has 4 heteroatoms. The van der Waals surface area contributed by atoms with Crippen LogP contribution >= 0.6 is 0 Å². The number of amides is 1. The van der Waals surface area contributed by atoms with Crippen LogP contribution in [0.3, 0.4) is 0 Å².